The molecule has 198 valence electrons. The summed E-state index contributed by atoms with van der Waals surface area (Å²) >= 11 is 3.42. The maximum Gasteiger partial charge on any atom is 0.573 e. The molecule has 2 N–H and O–H groups in total. The first-order valence-corrected chi connectivity index (χ1v) is 13.3. The van der Waals surface area contributed by atoms with E-state index in [-0.39, 0.29) is 23.6 Å². The van der Waals surface area contributed by atoms with Crippen LogP contribution < -0.4 is 15.4 Å². The van der Waals surface area contributed by atoms with Gasteiger partial charge in [0.05, 0.1) is 5.41 Å². The molecular formula is C27H29BrF3N3O3. The number of piperidine rings is 3. The lowest BCUT2D eigenvalue weighted by Gasteiger charge is -2.45. The van der Waals surface area contributed by atoms with Gasteiger partial charge in [-0.05, 0) is 80.1 Å². The number of carbonyl (C=O) groups excluding carboxylic acids is 2. The van der Waals surface area contributed by atoms with Crippen molar-refractivity contribution in [1.82, 2.24) is 15.5 Å². The van der Waals surface area contributed by atoms with Gasteiger partial charge in [-0.3, -0.25) is 9.59 Å². The van der Waals surface area contributed by atoms with Crippen molar-refractivity contribution in [3.05, 3.63) is 64.1 Å². The van der Waals surface area contributed by atoms with Crippen molar-refractivity contribution >= 4 is 27.7 Å². The molecule has 6 rings (SSSR count). The maximum atomic E-state index is 13.5. The predicted octanol–water partition coefficient (Wildman–Crippen LogP) is 4.32. The Morgan fingerprint density at radius 3 is 2.24 bits per heavy atom. The number of hydrogen-bond acceptors (Lipinski definition) is 4. The van der Waals surface area contributed by atoms with Gasteiger partial charge < -0.3 is 20.3 Å². The molecule has 4 aliphatic rings. The van der Waals surface area contributed by atoms with E-state index in [4.69, 9.17) is 0 Å². The highest BCUT2D eigenvalue weighted by atomic mass is 79.9. The van der Waals surface area contributed by atoms with Gasteiger partial charge in [0.1, 0.15) is 11.8 Å². The molecule has 37 heavy (non-hydrogen) atoms. The van der Waals surface area contributed by atoms with Gasteiger partial charge in [0.25, 0.3) is 0 Å². The highest BCUT2D eigenvalue weighted by molar-refractivity contribution is 9.10. The van der Waals surface area contributed by atoms with E-state index >= 15 is 0 Å². The lowest BCUT2D eigenvalue weighted by molar-refractivity contribution is -0.274. The second-order valence-corrected chi connectivity index (χ2v) is 11.2. The highest BCUT2D eigenvalue weighted by Gasteiger charge is 2.52. The fraction of sp³-hybridized carbons (Fsp3) is 0.481. The Kier molecular flexibility index (Phi) is 7.24. The minimum absolute atomic E-state index is 0.0652. The zero-order chi connectivity index (χ0) is 26.2. The number of nitrogens with zero attached hydrogens (tertiary/aromatic N) is 1. The van der Waals surface area contributed by atoms with Crippen LogP contribution in [-0.2, 0) is 21.4 Å². The average Bonchev–Trinajstić information content (AvgIpc) is 3.67. The number of nitrogens with one attached hydrogen (secondary N) is 2. The molecule has 4 fully saturated rings. The Labute approximate surface area is 222 Å². The number of amides is 2. The Morgan fingerprint density at radius 1 is 1.05 bits per heavy atom. The third kappa shape index (κ3) is 6.12. The molecule has 0 aromatic heterocycles. The van der Waals surface area contributed by atoms with Gasteiger partial charge in [0.15, 0.2) is 0 Å². The average molecular weight is 580 g/mol. The van der Waals surface area contributed by atoms with E-state index in [1.54, 1.807) is 0 Å². The van der Waals surface area contributed by atoms with Gasteiger partial charge in [-0.15, -0.1) is 13.2 Å². The summed E-state index contributed by atoms with van der Waals surface area (Å²) in [7, 11) is 0. The summed E-state index contributed by atoms with van der Waals surface area (Å²) in [5.41, 5.74) is 0.667. The fourth-order valence-corrected chi connectivity index (χ4v) is 5.79. The summed E-state index contributed by atoms with van der Waals surface area (Å²) in [4.78, 5) is 29.3. The molecule has 2 amide bonds. The van der Waals surface area contributed by atoms with E-state index in [1.807, 2.05) is 24.3 Å². The second kappa shape index (κ2) is 10.3. The number of benzene rings is 2. The van der Waals surface area contributed by atoms with Crippen LogP contribution in [0, 0.1) is 5.92 Å². The zero-order valence-corrected chi connectivity index (χ0v) is 21.8. The summed E-state index contributed by atoms with van der Waals surface area (Å²) in [5.74, 6) is -0.384. The van der Waals surface area contributed by atoms with E-state index < -0.39 is 17.8 Å². The number of fused-ring (bicyclic) bond motifs is 3. The van der Waals surface area contributed by atoms with E-state index in [2.05, 4.69) is 36.2 Å². The number of ether oxygens (including phenoxy) is 1. The van der Waals surface area contributed by atoms with Gasteiger partial charge in [0, 0.05) is 23.5 Å². The molecule has 1 aliphatic carbocycles. The summed E-state index contributed by atoms with van der Waals surface area (Å²) < 4.78 is 42.4. The highest BCUT2D eigenvalue weighted by Crippen LogP contribution is 2.49. The first-order chi connectivity index (χ1) is 17.6. The topological polar surface area (TPSA) is 70.7 Å². The molecule has 2 aromatic rings. The van der Waals surface area contributed by atoms with E-state index in [0.29, 0.717) is 30.7 Å². The van der Waals surface area contributed by atoms with Crippen LogP contribution in [0.4, 0.5) is 13.2 Å². The zero-order valence-electron chi connectivity index (χ0n) is 20.2. The second-order valence-electron chi connectivity index (χ2n) is 10.3. The quantitative estimate of drug-likeness (QED) is 0.489. The van der Waals surface area contributed by atoms with Crippen molar-refractivity contribution in [2.75, 3.05) is 19.6 Å². The van der Waals surface area contributed by atoms with Crippen LogP contribution in [0.5, 0.6) is 5.75 Å². The Hall–Kier alpha value is -2.59. The van der Waals surface area contributed by atoms with Crippen molar-refractivity contribution in [2.45, 2.75) is 56.0 Å². The summed E-state index contributed by atoms with van der Waals surface area (Å²) in [6, 6.07) is 12.3. The fourth-order valence-electron chi connectivity index (χ4n) is 5.52. The molecule has 3 saturated heterocycles. The number of carbonyl (C=O) groups is 2. The van der Waals surface area contributed by atoms with Gasteiger partial charge >= 0.3 is 6.36 Å². The third-order valence-corrected chi connectivity index (χ3v) is 8.31. The summed E-state index contributed by atoms with van der Waals surface area (Å²) in [6.45, 7) is 2.95. The van der Waals surface area contributed by atoms with Crippen molar-refractivity contribution < 1.29 is 27.5 Å². The molecule has 0 spiro atoms. The maximum absolute atomic E-state index is 13.5. The van der Waals surface area contributed by atoms with Crippen LogP contribution in [0.2, 0.25) is 0 Å². The minimum atomic E-state index is -4.78. The molecule has 1 saturated carbocycles. The summed E-state index contributed by atoms with van der Waals surface area (Å²) in [5, 5.41) is 6.18. The minimum Gasteiger partial charge on any atom is -0.406 e. The van der Waals surface area contributed by atoms with E-state index in [9.17, 15) is 22.8 Å². The Balaban J connectivity index is 1.31. The molecule has 3 aliphatic heterocycles. The van der Waals surface area contributed by atoms with Crippen LogP contribution in [0.3, 0.4) is 0 Å². The van der Waals surface area contributed by atoms with Gasteiger partial charge in [-0.25, -0.2) is 0 Å². The lowest BCUT2D eigenvalue weighted by atomic mass is 9.84. The SMILES string of the molecule is O=C(N[C@@H]1CN2CCC1CC2)[C@H](Cc1ccc(Br)cc1)NC(=O)C1(c2ccc(OC(F)(F)F)cc2)CC1. The number of alkyl halides is 3. The lowest BCUT2D eigenvalue weighted by Crippen LogP contribution is -2.60. The molecule has 2 bridgehead atoms. The van der Waals surface area contributed by atoms with E-state index in [1.165, 1.54) is 24.3 Å². The molecule has 0 unspecified atom stereocenters. The van der Waals surface area contributed by atoms with Crippen molar-refractivity contribution in [1.29, 1.82) is 0 Å². The first-order valence-electron chi connectivity index (χ1n) is 12.6. The van der Waals surface area contributed by atoms with Crippen LogP contribution in [0.25, 0.3) is 0 Å². The van der Waals surface area contributed by atoms with Crippen LogP contribution in [0.15, 0.2) is 53.0 Å². The van der Waals surface area contributed by atoms with Gasteiger partial charge in [0.2, 0.25) is 11.8 Å². The molecule has 10 heteroatoms. The van der Waals surface area contributed by atoms with Gasteiger partial charge in [-0.1, -0.05) is 40.2 Å². The third-order valence-electron chi connectivity index (χ3n) is 7.78. The number of rotatable bonds is 8. The molecule has 3 heterocycles. The number of halogens is 4. The molecule has 6 nitrogen and oxygen atoms in total. The Bertz CT molecular complexity index is 1130. The van der Waals surface area contributed by atoms with Crippen LogP contribution >= 0.6 is 15.9 Å². The van der Waals surface area contributed by atoms with Crippen molar-refractivity contribution in [3.8, 4) is 5.75 Å². The number of hydrogen-bond donors (Lipinski definition) is 2. The molecule has 2 atom stereocenters. The normalized spacial score (nSPS) is 24.7. The standard InChI is InChI=1S/C27H29BrF3N3O3/c28-20-5-1-17(2-6-20)15-22(24(35)32-23-16-34-13-9-18(23)10-14-34)33-25(36)26(11-12-26)19-3-7-21(8-4-19)37-27(29,30)31/h1-8,18,22-23H,9-16H2,(H,32,35)(H,33,36)/t22-,23+/m0/s1. The summed E-state index contributed by atoms with van der Waals surface area (Å²) in [6.07, 6.45) is -1.20. The van der Waals surface area contributed by atoms with Gasteiger partial charge in [-0.2, -0.15) is 0 Å². The monoisotopic (exact) mass is 579 g/mol. The predicted molar refractivity (Wildman–Crippen MR) is 135 cm³/mol. The van der Waals surface area contributed by atoms with Crippen molar-refractivity contribution in [2.24, 2.45) is 5.92 Å². The largest absolute Gasteiger partial charge is 0.573 e. The van der Waals surface area contributed by atoms with E-state index in [0.717, 1.165) is 42.5 Å². The van der Waals surface area contributed by atoms with Crippen LogP contribution in [-0.4, -0.2) is 54.8 Å². The molecular weight excluding hydrogens is 551 g/mol. The smallest absolute Gasteiger partial charge is 0.406 e. The molecule has 0 radical (unpaired) electrons. The van der Waals surface area contributed by atoms with Crippen molar-refractivity contribution in [3.63, 3.8) is 0 Å². The first kappa shape index (κ1) is 26.0. The Morgan fingerprint density at radius 2 is 1.70 bits per heavy atom. The van der Waals surface area contributed by atoms with Crippen LogP contribution in [0.1, 0.15) is 36.8 Å². The molecule has 2 aromatic carbocycles.